The number of thioether (sulfide) groups is 2. The molecule has 4 rings (SSSR count). The molecular weight excluding hydrogens is 507 g/mol. The van der Waals surface area contributed by atoms with E-state index in [1.807, 2.05) is 0 Å². The zero-order valence-electron chi connectivity index (χ0n) is 16.9. The molecule has 2 aromatic heterocycles. The molecule has 0 aliphatic carbocycles. The molecule has 2 aliphatic rings. The number of carbonyl (C=O) groups excluding carboxylic acids is 3. The van der Waals surface area contributed by atoms with Crippen LogP contribution in [0.1, 0.15) is 0 Å². The van der Waals surface area contributed by atoms with E-state index in [2.05, 4.69) is 20.8 Å². The number of aliphatic carboxylic acids is 1. The molecule has 2 amide bonds. The molecule has 32 heavy (non-hydrogen) atoms. The third-order valence-corrected chi connectivity index (χ3v) is 9.55. The minimum Gasteiger partial charge on any atom is -0.610 e. The van der Waals surface area contributed by atoms with Gasteiger partial charge in [-0.3, -0.25) is 14.5 Å². The summed E-state index contributed by atoms with van der Waals surface area (Å²) in [6.45, 7) is 0. The number of tetrazole rings is 1. The van der Waals surface area contributed by atoms with Crippen LogP contribution in [0.25, 0.3) is 0 Å². The maximum atomic E-state index is 12.6. The first-order valence-electron chi connectivity index (χ1n) is 8.81. The molecule has 2 aromatic rings. The van der Waals surface area contributed by atoms with Gasteiger partial charge in [0.2, 0.25) is 9.37 Å². The summed E-state index contributed by atoms with van der Waals surface area (Å²) in [7, 11) is 1.67. The summed E-state index contributed by atoms with van der Waals surface area (Å²) in [6.07, 6.45) is 0. The minimum atomic E-state index is -1.50. The number of rotatable bonds is 8. The summed E-state index contributed by atoms with van der Waals surface area (Å²) in [6, 6.07) is 2.55. The van der Waals surface area contributed by atoms with E-state index in [4.69, 9.17) is 0 Å². The van der Waals surface area contributed by atoms with Crippen molar-refractivity contribution in [2.45, 2.75) is 20.8 Å². The van der Waals surface area contributed by atoms with Crippen LogP contribution >= 0.6 is 34.9 Å². The van der Waals surface area contributed by atoms with Gasteiger partial charge in [0.05, 0.1) is 11.7 Å². The molecule has 164 valence electrons. The molecular formula is C16H15N6NaO5S4. The molecule has 0 bridgehead atoms. The molecule has 0 radical (unpaired) electrons. The molecule has 0 spiro atoms. The number of nitrogens with one attached hydrogen (secondary N) is 1. The van der Waals surface area contributed by atoms with Crippen molar-refractivity contribution in [3.63, 3.8) is 0 Å². The van der Waals surface area contributed by atoms with Crippen LogP contribution < -0.4 is 40.0 Å². The zero-order chi connectivity index (χ0) is 22.1. The standard InChI is InChI=1S/C16H16N6O5S4.Na/c1-21-16(18-19-20-21)30-6-8-5-29-14-11(13(24)22(14)12(8)15(25)26)17-9(23)7-31(27)10-3-2-4-28-10;/h2-4,11,14H,5-7H2,1H3,(H,17,23)(H,25,26);/q;+1/p-1/t11?,14-,31?;/m0./s1. The molecule has 4 heterocycles. The number of aromatic nitrogens is 4. The van der Waals surface area contributed by atoms with Gasteiger partial charge in [0.1, 0.15) is 11.4 Å². The summed E-state index contributed by atoms with van der Waals surface area (Å²) in [5.41, 5.74) is 0.343. The average molecular weight is 523 g/mol. The van der Waals surface area contributed by atoms with Crippen molar-refractivity contribution >= 4 is 63.8 Å². The Balaban J connectivity index is 0.00000289. The van der Waals surface area contributed by atoms with Crippen LogP contribution in [0.15, 0.2) is 38.1 Å². The number of hydrogen-bond acceptors (Lipinski definition) is 11. The predicted molar refractivity (Wildman–Crippen MR) is 112 cm³/mol. The van der Waals surface area contributed by atoms with Crippen LogP contribution in [0.2, 0.25) is 0 Å². The van der Waals surface area contributed by atoms with Gasteiger partial charge in [-0.05, 0) is 27.4 Å². The predicted octanol–water partition coefficient (Wildman–Crippen LogP) is -4.42. The van der Waals surface area contributed by atoms with Crippen molar-refractivity contribution in [3.8, 4) is 0 Å². The Morgan fingerprint density at radius 1 is 1.44 bits per heavy atom. The topological polar surface area (TPSA) is 156 Å². The molecule has 3 atom stereocenters. The van der Waals surface area contributed by atoms with E-state index in [0.717, 1.165) is 4.90 Å². The first kappa shape index (κ1) is 25.6. The van der Waals surface area contributed by atoms with Gasteiger partial charge in [-0.2, -0.15) is 0 Å². The van der Waals surface area contributed by atoms with Crippen LogP contribution in [-0.2, 0) is 32.6 Å². The summed E-state index contributed by atoms with van der Waals surface area (Å²) < 4.78 is 14.2. The van der Waals surface area contributed by atoms with Crippen molar-refractivity contribution in [3.05, 3.63) is 28.8 Å². The number of aryl methyl sites for hydroxylation is 1. The molecule has 11 nitrogen and oxygen atoms in total. The summed E-state index contributed by atoms with van der Waals surface area (Å²) in [5.74, 6) is -2.15. The van der Waals surface area contributed by atoms with Gasteiger partial charge in [0.25, 0.3) is 11.8 Å². The van der Waals surface area contributed by atoms with E-state index in [9.17, 15) is 24.0 Å². The van der Waals surface area contributed by atoms with E-state index in [-0.39, 0.29) is 46.8 Å². The van der Waals surface area contributed by atoms with Crippen LogP contribution in [-0.4, -0.2) is 76.1 Å². The van der Waals surface area contributed by atoms with Gasteiger partial charge in [-0.1, -0.05) is 23.1 Å². The normalized spacial score (nSPS) is 20.8. The van der Waals surface area contributed by atoms with Crippen molar-refractivity contribution < 1.29 is 53.6 Å². The number of β-lactam (4-membered cyclic amide) rings is 1. The van der Waals surface area contributed by atoms with Crippen molar-refractivity contribution in [1.29, 1.82) is 0 Å². The van der Waals surface area contributed by atoms with Gasteiger partial charge in [-0.25, -0.2) is 4.68 Å². The Hall–Kier alpha value is -1.07. The van der Waals surface area contributed by atoms with Gasteiger partial charge in [0, 0.05) is 35.8 Å². The van der Waals surface area contributed by atoms with Gasteiger partial charge in [-0.15, -0.1) is 16.9 Å². The second-order valence-electron chi connectivity index (χ2n) is 6.49. The third-order valence-electron chi connectivity index (χ3n) is 4.50. The monoisotopic (exact) mass is 522 g/mol. The summed E-state index contributed by atoms with van der Waals surface area (Å²) >= 11 is 2.39. The molecule has 0 aromatic carbocycles. The smallest absolute Gasteiger partial charge is 0.610 e. The zero-order valence-corrected chi connectivity index (χ0v) is 22.2. The Morgan fingerprint density at radius 2 is 2.22 bits per heavy atom. The van der Waals surface area contributed by atoms with E-state index in [1.165, 1.54) is 39.5 Å². The second kappa shape index (κ2) is 10.9. The Labute approximate surface area is 220 Å². The number of carboxylic acid groups (broad SMARTS) is 1. The summed E-state index contributed by atoms with van der Waals surface area (Å²) in [5, 5.41) is 27.2. The number of amides is 2. The average Bonchev–Trinajstić information content (AvgIpc) is 3.41. The molecule has 1 saturated heterocycles. The maximum Gasteiger partial charge on any atom is 1.00 e. The van der Waals surface area contributed by atoms with E-state index >= 15 is 0 Å². The number of carbonyl (C=O) groups is 3. The third kappa shape index (κ3) is 5.19. The van der Waals surface area contributed by atoms with Gasteiger partial charge >= 0.3 is 29.6 Å². The minimum absolute atomic E-state index is 0. The molecule has 0 saturated carbocycles. The van der Waals surface area contributed by atoms with Crippen LogP contribution in [0.4, 0.5) is 0 Å². The molecule has 2 aliphatic heterocycles. The molecule has 2 unspecified atom stereocenters. The first-order valence-corrected chi connectivity index (χ1v) is 13.0. The van der Waals surface area contributed by atoms with E-state index < -0.39 is 40.4 Å². The quantitative estimate of drug-likeness (QED) is 0.155. The van der Waals surface area contributed by atoms with Crippen LogP contribution in [0.3, 0.4) is 0 Å². The Morgan fingerprint density at radius 3 is 2.84 bits per heavy atom. The largest absolute Gasteiger partial charge is 1.00 e. The molecule has 1 fully saturated rings. The molecule has 16 heteroatoms. The molecule has 1 N–H and O–H groups in total. The number of thiophene rings is 1. The fraction of sp³-hybridized carbons (Fsp3) is 0.375. The Kier molecular flexibility index (Phi) is 8.71. The fourth-order valence-electron chi connectivity index (χ4n) is 3.08. The van der Waals surface area contributed by atoms with E-state index in [0.29, 0.717) is 20.7 Å². The number of nitrogens with zero attached hydrogens (tertiary/aromatic N) is 5. The Bertz CT molecular complexity index is 1050. The van der Waals surface area contributed by atoms with Crippen LogP contribution in [0, 0.1) is 0 Å². The fourth-order valence-corrected chi connectivity index (χ4v) is 7.33. The first-order chi connectivity index (χ1) is 14.9. The summed E-state index contributed by atoms with van der Waals surface area (Å²) in [4.78, 5) is 37.9. The number of hydrogen-bond donors (Lipinski definition) is 1. The van der Waals surface area contributed by atoms with Crippen molar-refractivity contribution in [1.82, 2.24) is 30.4 Å². The van der Waals surface area contributed by atoms with Gasteiger partial charge in [0.15, 0.2) is 5.75 Å². The number of fused-ring (bicyclic) bond motifs is 1. The van der Waals surface area contributed by atoms with Crippen molar-refractivity contribution in [2.24, 2.45) is 7.05 Å². The van der Waals surface area contributed by atoms with E-state index in [1.54, 1.807) is 24.6 Å². The maximum absolute atomic E-state index is 12.6. The number of carboxylic acids is 1. The second-order valence-corrected chi connectivity index (χ2v) is 11.2. The van der Waals surface area contributed by atoms with Gasteiger partial charge < -0.3 is 19.8 Å². The van der Waals surface area contributed by atoms with Crippen LogP contribution in [0.5, 0.6) is 0 Å². The SMILES string of the molecule is Cn1nnnc1SCC1=C(C(=O)[O-])N2C(=O)C(NC(=O)C[S+]([O-])c3cccs3)[C@@H]2SC1.[Na+]. The van der Waals surface area contributed by atoms with Crippen molar-refractivity contribution in [2.75, 3.05) is 17.3 Å².